The van der Waals surface area contributed by atoms with Gasteiger partial charge < -0.3 is 33.5 Å². The van der Waals surface area contributed by atoms with Crippen molar-refractivity contribution >= 4 is 41.4 Å². The Morgan fingerprint density at radius 3 is 2.34 bits per heavy atom. The van der Waals surface area contributed by atoms with E-state index in [0.717, 1.165) is 6.92 Å². The number of aliphatic hydroxyl groups is 1. The first-order valence-corrected chi connectivity index (χ1v) is 15.2. The number of epoxide rings is 1. The number of alkyl halides is 1. The van der Waals surface area contributed by atoms with E-state index < -0.39 is 94.7 Å². The maximum Gasteiger partial charge on any atom is 0.344 e. The highest BCUT2D eigenvalue weighted by molar-refractivity contribution is 6.23. The topological polar surface area (TPSA) is 164 Å². The molecule has 0 amide bonds. The van der Waals surface area contributed by atoms with Gasteiger partial charge in [-0.05, 0) is 37.3 Å². The fraction of sp³-hybridized carbons (Fsp3) is 0.710. The molecule has 1 saturated carbocycles. The van der Waals surface area contributed by atoms with E-state index in [1.54, 1.807) is 6.92 Å². The van der Waals surface area contributed by atoms with E-state index in [0.29, 0.717) is 6.42 Å². The molecule has 10 atom stereocenters. The molecular weight excluding hydrogens is 600 g/mol. The van der Waals surface area contributed by atoms with Gasteiger partial charge in [-0.1, -0.05) is 33.4 Å². The molecule has 0 bridgehead atoms. The Balaban J connectivity index is 1.90. The highest BCUT2D eigenvalue weighted by atomic mass is 35.5. The molecule has 12 nitrogen and oxygen atoms in total. The molecule has 1 N–H and O–H groups in total. The molecular formula is C31H41ClO12. The molecule has 4 aliphatic rings. The highest BCUT2D eigenvalue weighted by Crippen LogP contribution is 2.62. The Labute approximate surface area is 261 Å². The van der Waals surface area contributed by atoms with Crippen molar-refractivity contribution in [2.75, 3.05) is 13.2 Å². The second kappa shape index (κ2) is 12.4. The molecule has 2 heterocycles. The number of ether oxygens (including phenoxy) is 6. The molecule has 2 aliphatic carbocycles. The van der Waals surface area contributed by atoms with Crippen molar-refractivity contribution in [2.45, 2.75) is 102 Å². The van der Waals surface area contributed by atoms with Gasteiger partial charge in [-0.25, -0.2) is 4.79 Å². The third kappa shape index (κ3) is 6.12. The molecule has 0 radical (unpaired) electrons. The van der Waals surface area contributed by atoms with Crippen molar-refractivity contribution < 1.29 is 57.5 Å². The number of esters is 5. The predicted octanol–water partition coefficient (Wildman–Crippen LogP) is 2.56. The van der Waals surface area contributed by atoms with Gasteiger partial charge >= 0.3 is 29.8 Å². The maximum atomic E-state index is 13.2. The number of fused-ring (bicyclic) bond motifs is 3. The van der Waals surface area contributed by atoms with Crippen LogP contribution in [0.3, 0.4) is 0 Å². The van der Waals surface area contributed by atoms with Crippen LogP contribution in [0.4, 0.5) is 0 Å². The minimum absolute atomic E-state index is 0.0112. The summed E-state index contributed by atoms with van der Waals surface area (Å²) in [6, 6.07) is 0. The van der Waals surface area contributed by atoms with E-state index >= 15 is 0 Å². The Bertz CT molecular complexity index is 1240. The maximum absolute atomic E-state index is 13.2. The lowest BCUT2D eigenvalue weighted by Gasteiger charge is -2.56. The minimum Gasteiger partial charge on any atom is -0.462 e. The number of hydrogen-bond acceptors (Lipinski definition) is 12. The molecule has 0 aromatic rings. The van der Waals surface area contributed by atoms with Crippen LogP contribution in [0.15, 0.2) is 24.3 Å². The molecule has 2 saturated heterocycles. The van der Waals surface area contributed by atoms with Crippen molar-refractivity contribution in [2.24, 2.45) is 23.2 Å². The summed E-state index contributed by atoms with van der Waals surface area (Å²) >= 11 is 6.77. The molecule has 0 aromatic heterocycles. The minimum atomic E-state index is -2.20. The summed E-state index contributed by atoms with van der Waals surface area (Å²) in [6.07, 6.45) is -1.38. The average Bonchev–Trinajstić information content (AvgIpc) is 3.66. The van der Waals surface area contributed by atoms with Crippen LogP contribution >= 0.6 is 11.6 Å². The second-order valence-electron chi connectivity index (χ2n) is 12.8. The molecule has 0 aromatic carbocycles. The van der Waals surface area contributed by atoms with Gasteiger partial charge in [-0.3, -0.25) is 19.2 Å². The van der Waals surface area contributed by atoms with Crippen LogP contribution in [-0.4, -0.2) is 89.2 Å². The van der Waals surface area contributed by atoms with E-state index in [-0.39, 0.29) is 30.9 Å². The SMILES string of the molecule is C=C1/C=C\[C@@H](OC(=O)COC(=O)CC(C)C)[C@@]2(C)[C@H]([C@@H](OC(C)=O)[C@@]3(O)[C@H](C)C(=O)O[C@@H]3[C@@H]1Cl)[C@@]1(CC[C@H]2OC(C)=O)CO1. The van der Waals surface area contributed by atoms with Gasteiger partial charge in [0.2, 0.25) is 0 Å². The van der Waals surface area contributed by atoms with Gasteiger partial charge in [-0.15, -0.1) is 11.6 Å². The Morgan fingerprint density at radius 2 is 1.77 bits per heavy atom. The largest absolute Gasteiger partial charge is 0.462 e. The molecule has 0 unspecified atom stereocenters. The van der Waals surface area contributed by atoms with Gasteiger partial charge in [-0.2, -0.15) is 0 Å². The van der Waals surface area contributed by atoms with Gasteiger partial charge in [0.1, 0.15) is 18.3 Å². The van der Waals surface area contributed by atoms with Crippen molar-refractivity contribution in [1.29, 1.82) is 0 Å². The van der Waals surface area contributed by atoms with E-state index in [1.807, 2.05) is 13.8 Å². The fourth-order valence-corrected chi connectivity index (χ4v) is 7.35. The fourth-order valence-electron chi connectivity index (χ4n) is 7.02. The average molecular weight is 641 g/mol. The molecule has 4 rings (SSSR count). The van der Waals surface area contributed by atoms with Crippen LogP contribution in [0.5, 0.6) is 0 Å². The summed E-state index contributed by atoms with van der Waals surface area (Å²) < 4.78 is 34.5. The van der Waals surface area contributed by atoms with E-state index in [1.165, 1.54) is 26.0 Å². The van der Waals surface area contributed by atoms with Crippen molar-refractivity contribution in [3.63, 3.8) is 0 Å². The van der Waals surface area contributed by atoms with E-state index in [4.69, 9.17) is 40.0 Å². The van der Waals surface area contributed by atoms with Gasteiger partial charge in [0.15, 0.2) is 18.3 Å². The van der Waals surface area contributed by atoms with Crippen molar-refractivity contribution in [1.82, 2.24) is 0 Å². The van der Waals surface area contributed by atoms with Gasteiger partial charge in [0, 0.05) is 26.2 Å². The summed E-state index contributed by atoms with van der Waals surface area (Å²) in [7, 11) is 0. The van der Waals surface area contributed by atoms with E-state index in [2.05, 4.69) is 6.58 Å². The lowest BCUT2D eigenvalue weighted by molar-refractivity contribution is -0.239. The first-order chi connectivity index (χ1) is 20.5. The summed E-state index contributed by atoms with van der Waals surface area (Å²) in [4.78, 5) is 63.5. The summed E-state index contributed by atoms with van der Waals surface area (Å²) in [6.45, 7) is 12.7. The third-order valence-corrected chi connectivity index (χ3v) is 9.79. The summed E-state index contributed by atoms with van der Waals surface area (Å²) in [5.41, 5.74) is -4.47. The number of hydrogen-bond donors (Lipinski definition) is 1. The number of rotatable bonds is 7. The number of carbonyl (C=O) groups excluding carboxylic acids is 5. The highest BCUT2D eigenvalue weighted by Gasteiger charge is 2.75. The third-order valence-electron chi connectivity index (χ3n) is 9.28. The van der Waals surface area contributed by atoms with Gasteiger partial charge in [0.05, 0.1) is 28.9 Å². The zero-order valence-corrected chi connectivity index (χ0v) is 26.6. The summed E-state index contributed by atoms with van der Waals surface area (Å²) in [5.74, 6) is -5.86. The molecule has 3 fully saturated rings. The predicted molar refractivity (Wildman–Crippen MR) is 153 cm³/mol. The number of allylic oxidation sites excluding steroid dienone is 1. The second-order valence-corrected chi connectivity index (χ2v) is 13.3. The Morgan fingerprint density at radius 1 is 1.14 bits per heavy atom. The number of carbonyl (C=O) groups is 5. The quantitative estimate of drug-likeness (QED) is 0.187. The first kappa shape index (κ1) is 33.9. The Hall–Kier alpha value is -2.96. The number of halogens is 1. The molecule has 44 heavy (non-hydrogen) atoms. The van der Waals surface area contributed by atoms with Gasteiger partial charge in [0.25, 0.3) is 0 Å². The van der Waals surface area contributed by atoms with Crippen molar-refractivity contribution in [3.8, 4) is 0 Å². The molecule has 1 spiro atoms. The zero-order valence-electron chi connectivity index (χ0n) is 25.8. The van der Waals surface area contributed by atoms with E-state index in [9.17, 15) is 29.1 Å². The lowest BCUT2D eigenvalue weighted by atomic mass is 9.53. The molecule has 13 heteroatoms. The zero-order chi connectivity index (χ0) is 32.8. The van der Waals surface area contributed by atoms with Crippen molar-refractivity contribution in [3.05, 3.63) is 24.3 Å². The van der Waals surface area contributed by atoms with Crippen LogP contribution in [-0.2, 0) is 52.4 Å². The standard InChI is InChI=1S/C31H41ClO12/c1-15(2)12-22(35)39-13-23(36)43-20-9-8-16(3)24(32)26-31(38,17(4)28(37)44-26)27(42-19(6)34)25-29(20,7)21(41-18(5)33)10-11-30(25)14-40-30/h8-9,15,17,20-21,24-27,38H,3,10-14H2,1-2,4-7H3/b9-8-/t17-,20-,21-,24-,25+,26-,27-,29-,30-,31-/m1/s1. The van der Waals surface area contributed by atoms with Crippen LogP contribution in [0.2, 0.25) is 0 Å². The first-order valence-electron chi connectivity index (χ1n) is 14.7. The van der Waals surface area contributed by atoms with Crippen LogP contribution in [0.1, 0.15) is 60.8 Å². The lowest BCUT2D eigenvalue weighted by Crippen LogP contribution is -2.70. The Kier molecular flexibility index (Phi) is 9.59. The normalized spacial score (nSPS) is 40.2. The van der Waals surface area contributed by atoms with Crippen LogP contribution < -0.4 is 0 Å². The van der Waals surface area contributed by atoms with Crippen LogP contribution in [0.25, 0.3) is 0 Å². The molecule has 2 aliphatic heterocycles. The smallest absolute Gasteiger partial charge is 0.344 e. The molecule has 244 valence electrons. The summed E-state index contributed by atoms with van der Waals surface area (Å²) in [5, 5.41) is 11.4. The monoisotopic (exact) mass is 640 g/mol. The van der Waals surface area contributed by atoms with Crippen LogP contribution in [0, 0.1) is 23.2 Å².